The van der Waals surface area contributed by atoms with Crippen LogP contribution in [0.15, 0.2) is 23.1 Å². The average Bonchev–Trinajstić information content (AvgIpc) is 2.54. The molecule has 0 saturated carbocycles. The van der Waals surface area contributed by atoms with Gasteiger partial charge < -0.3 is 10.2 Å². The Labute approximate surface area is 128 Å². The van der Waals surface area contributed by atoms with E-state index in [9.17, 15) is 17.6 Å². The number of carbonyl (C=O) groups is 1. The Balaban J connectivity index is 2.19. The number of nitrogens with one attached hydrogen (secondary N) is 1. The fraction of sp³-hybridized carbons (Fsp3) is 0.385. The molecule has 2 rings (SSSR count). The fourth-order valence-electron chi connectivity index (χ4n) is 2.19. The number of benzene rings is 1. The molecule has 0 radical (unpaired) electrons. The van der Waals surface area contributed by atoms with E-state index in [0.717, 1.165) is 18.2 Å². The van der Waals surface area contributed by atoms with Crippen molar-refractivity contribution in [3.8, 4) is 6.07 Å². The van der Waals surface area contributed by atoms with Gasteiger partial charge in [-0.3, -0.25) is 0 Å². The zero-order valence-corrected chi connectivity index (χ0v) is 12.7. The highest BCUT2D eigenvalue weighted by molar-refractivity contribution is 7.89. The average molecular weight is 326 g/mol. The van der Waals surface area contributed by atoms with E-state index in [1.165, 1.54) is 16.3 Å². The third-order valence-electron chi connectivity index (χ3n) is 3.44. The molecule has 0 bridgehead atoms. The predicted octanol–water partition coefficient (Wildman–Crippen LogP) is 0.343. The molecule has 2 amide bonds. The largest absolute Gasteiger partial charge is 0.341 e. The van der Waals surface area contributed by atoms with E-state index in [-0.39, 0.29) is 42.7 Å². The summed E-state index contributed by atoms with van der Waals surface area (Å²) < 4.78 is 39.5. The second-order valence-corrected chi connectivity index (χ2v) is 6.64. The number of piperazine rings is 1. The fourth-order valence-corrected chi connectivity index (χ4v) is 3.64. The highest BCUT2D eigenvalue weighted by atomic mass is 32.2. The molecule has 0 aromatic heterocycles. The molecule has 1 N–H and O–H groups in total. The topological polar surface area (TPSA) is 93.5 Å². The summed E-state index contributed by atoms with van der Waals surface area (Å²) in [5.41, 5.74) is -0.315. The molecule has 1 saturated heterocycles. The second kappa shape index (κ2) is 6.29. The molecule has 1 fully saturated rings. The number of nitrogens with zero attached hydrogens (tertiary/aromatic N) is 3. The van der Waals surface area contributed by atoms with Gasteiger partial charge in [-0.05, 0) is 18.2 Å². The minimum absolute atomic E-state index is 0.126. The highest BCUT2D eigenvalue weighted by Crippen LogP contribution is 2.20. The molecule has 7 nitrogen and oxygen atoms in total. The van der Waals surface area contributed by atoms with Gasteiger partial charge in [0.25, 0.3) is 0 Å². The molecule has 0 spiro atoms. The lowest BCUT2D eigenvalue weighted by Gasteiger charge is -2.33. The Morgan fingerprint density at radius 3 is 2.50 bits per heavy atom. The zero-order chi connectivity index (χ0) is 16.3. The van der Waals surface area contributed by atoms with Crippen molar-refractivity contribution in [3.05, 3.63) is 29.6 Å². The van der Waals surface area contributed by atoms with Gasteiger partial charge in [0.1, 0.15) is 11.9 Å². The van der Waals surface area contributed by atoms with Gasteiger partial charge >= 0.3 is 6.03 Å². The van der Waals surface area contributed by atoms with Crippen LogP contribution in [-0.4, -0.2) is 56.9 Å². The SMILES string of the molecule is CNC(=O)N1CCN(S(=O)(=O)c2ccc(F)c(C#N)c2)CC1. The summed E-state index contributed by atoms with van der Waals surface area (Å²) in [5.74, 6) is -0.758. The minimum Gasteiger partial charge on any atom is -0.341 e. The smallest absolute Gasteiger partial charge is 0.317 e. The van der Waals surface area contributed by atoms with Crippen molar-refractivity contribution >= 4 is 16.1 Å². The van der Waals surface area contributed by atoms with Crippen molar-refractivity contribution in [2.45, 2.75) is 4.90 Å². The quantitative estimate of drug-likeness (QED) is 0.848. The first-order valence-corrected chi connectivity index (χ1v) is 8.00. The molecule has 1 heterocycles. The van der Waals surface area contributed by atoms with Crippen LogP contribution >= 0.6 is 0 Å². The van der Waals surface area contributed by atoms with E-state index >= 15 is 0 Å². The van der Waals surface area contributed by atoms with Gasteiger partial charge in [0.15, 0.2) is 0 Å². The molecule has 1 aromatic carbocycles. The van der Waals surface area contributed by atoms with E-state index in [0.29, 0.717) is 0 Å². The van der Waals surface area contributed by atoms with E-state index < -0.39 is 15.8 Å². The molecule has 22 heavy (non-hydrogen) atoms. The van der Waals surface area contributed by atoms with Crippen molar-refractivity contribution in [3.63, 3.8) is 0 Å². The van der Waals surface area contributed by atoms with E-state index in [1.54, 1.807) is 6.07 Å². The van der Waals surface area contributed by atoms with Crippen molar-refractivity contribution in [1.82, 2.24) is 14.5 Å². The van der Waals surface area contributed by atoms with Crippen LogP contribution in [0, 0.1) is 17.1 Å². The molecular weight excluding hydrogens is 311 g/mol. The first-order valence-electron chi connectivity index (χ1n) is 6.56. The molecule has 9 heteroatoms. The summed E-state index contributed by atoms with van der Waals surface area (Å²) in [6.45, 7) is 0.834. The van der Waals surface area contributed by atoms with Gasteiger partial charge in [-0.15, -0.1) is 0 Å². The van der Waals surface area contributed by atoms with Crippen LogP contribution in [0.2, 0.25) is 0 Å². The molecule has 0 atom stereocenters. The zero-order valence-electron chi connectivity index (χ0n) is 11.9. The van der Waals surface area contributed by atoms with Crippen molar-refractivity contribution in [2.75, 3.05) is 33.2 Å². The molecule has 1 aromatic rings. The first kappa shape index (κ1) is 16.2. The van der Waals surface area contributed by atoms with Gasteiger partial charge in [0.2, 0.25) is 10.0 Å². The summed E-state index contributed by atoms with van der Waals surface area (Å²) in [4.78, 5) is 12.9. The Morgan fingerprint density at radius 2 is 1.95 bits per heavy atom. The summed E-state index contributed by atoms with van der Waals surface area (Å²) in [6, 6.07) is 4.49. The van der Waals surface area contributed by atoms with Crippen LogP contribution in [0.1, 0.15) is 5.56 Å². The van der Waals surface area contributed by atoms with Crippen molar-refractivity contribution < 1.29 is 17.6 Å². The number of nitriles is 1. The Bertz CT molecular complexity index is 721. The number of sulfonamides is 1. The van der Waals surface area contributed by atoms with Crippen molar-refractivity contribution in [1.29, 1.82) is 5.26 Å². The lowest BCUT2D eigenvalue weighted by atomic mass is 10.2. The van der Waals surface area contributed by atoms with Crippen LogP contribution in [0.5, 0.6) is 0 Å². The monoisotopic (exact) mass is 326 g/mol. The Hall–Kier alpha value is -2.18. The van der Waals surface area contributed by atoms with E-state index in [4.69, 9.17) is 5.26 Å². The maximum absolute atomic E-state index is 13.3. The molecule has 0 unspecified atom stereocenters. The van der Waals surface area contributed by atoms with Gasteiger partial charge in [-0.2, -0.15) is 9.57 Å². The predicted molar refractivity (Wildman–Crippen MR) is 75.9 cm³/mol. The third-order valence-corrected chi connectivity index (χ3v) is 5.33. The normalized spacial score (nSPS) is 16.1. The lowest BCUT2D eigenvalue weighted by Crippen LogP contribution is -2.52. The first-order chi connectivity index (χ1) is 10.4. The number of urea groups is 1. The summed E-state index contributed by atoms with van der Waals surface area (Å²) in [6.07, 6.45) is 0. The lowest BCUT2D eigenvalue weighted by molar-refractivity contribution is 0.174. The third kappa shape index (κ3) is 3.03. The van der Waals surface area contributed by atoms with Gasteiger partial charge in [0.05, 0.1) is 10.5 Å². The Kier molecular flexibility index (Phi) is 4.63. The number of carbonyl (C=O) groups excluding carboxylic acids is 1. The summed E-state index contributed by atoms with van der Waals surface area (Å²) >= 11 is 0. The maximum atomic E-state index is 13.3. The van der Waals surface area contributed by atoms with E-state index in [1.807, 2.05) is 0 Å². The Morgan fingerprint density at radius 1 is 1.32 bits per heavy atom. The standard InChI is InChI=1S/C13H15FN4O3S/c1-16-13(19)17-4-6-18(7-5-17)22(20,21)11-2-3-12(14)10(8-11)9-15/h2-3,8H,4-7H2,1H3,(H,16,19). The van der Waals surface area contributed by atoms with Crippen LogP contribution < -0.4 is 5.32 Å². The van der Waals surface area contributed by atoms with Crippen LogP contribution in [0.25, 0.3) is 0 Å². The molecule has 1 aliphatic rings. The number of amides is 2. The van der Waals surface area contributed by atoms with Crippen LogP contribution in [0.3, 0.4) is 0 Å². The summed E-state index contributed by atoms with van der Waals surface area (Å²) in [5, 5.41) is 11.3. The number of rotatable bonds is 2. The van der Waals surface area contributed by atoms with Crippen molar-refractivity contribution in [2.24, 2.45) is 0 Å². The van der Waals surface area contributed by atoms with Gasteiger partial charge in [0, 0.05) is 33.2 Å². The van der Waals surface area contributed by atoms with E-state index in [2.05, 4.69) is 5.32 Å². The number of hydrogen-bond acceptors (Lipinski definition) is 4. The number of halogens is 1. The molecule has 0 aliphatic carbocycles. The molecule has 1 aliphatic heterocycles. The molecule has 118 valence electrons. The highest BCUT2D eigenvalue weighted by Gasteiger charge is 2.30. The molecular formula is C13H15FN4O3S. The van der Waals surface area contributed by atoms with Crippen LogP contribution in [-0.2, 0) is 10.0 Å². The van der Waals surface area contributed by atoms with Gasteiger partial charge in [-0.1, -0.05) is 0 Å². The second-order valence-electron chi connectivity index (χ2n) is 4.70. The summed E-state index contributed by atoms with van der Waals surface area (Å²) in [7, 11) is -2.30. The minimum atomic E-state index is -3.81. The van der Waals surface area contributed by atoms with Gasteiger partial charge in [-0.25, -0.2) is 17.6 Å². The number of hydrogen-bond donors (Lipinski definition) is 1. The van der Waals surface area contributed by atoms with Crippen LogP contribution in [0.4, 0.5) is 9.18 Å². The maximum Gasteiger partial charge on any atom is 0.317 e.